The summed E-state index contributed by atoms with van der Waals surface area (Å²) in [5, 5.41) is 3.26. The van der Waals surface area contributed by atoms with Gasteiger partial charge in [0, 0.05) is 32.0 Å². The van der Waals surface area contributed by atoms with Crippen LogP contribution in [0.2, 0.25) is 10.0 Å². The van der Waals surface area contributed by atoms with Crippen molar-refractivity contribution in [2.45, 2.75) is 12.3 Å². The third-order valence-electron chi connectivity index (χ3n) is 5.32. The van der Waals surface area contributed by atoms with Gasteiger partial charge in [-0.05, 0) is 24.1 Å². The van der Waals surface area contributed by atoms with E-state index in [1.165, 1.54) is 12.4 Å². The number of imidazole rings is 1. The van der Waals surface area contributed by atoms with Gasteiger partial charge in [-0.1, -0.05) is 53.5 Å². The molecule has 0 aliphatic heterocycles. The zero-order valence-electron chi connectivity index (χ0n) is 18.1. The van der Waals surface area contributed by atoms with Crippen LogP contribution in [-0.4, -0.2) is 41.7 Å². The van der Waals surface area contributed by atoms with Crippen LogP contribution >= 0.6 is 23.2 Å². The number of hydrogen-bond donors (Lipinski definition) is 2. The van der Waals surface area contributed by atoms with Crippen LogP contribution in [0.25, 0.3) is 11.0 Å². The number of pyridine rings is 1. The molecular weight excluding hydrogens is 463 g/mol. The number of fused-ring (bicyclic) bond motifs is 1. The number of ether oxygens (including phenoxy) is 2. The lowest BCUT2D eigenvalue weighted by molar-refractivity contribution is 0.102. The van der Waals surface area contributed by atoms with Gasteiger partial charge in [-0.15, -0.1) is 0 Å². The molecule has 0 aliphatic rings. The molecule has 2 aromatic carbocycles. The van der Waals surface area contributed by atoms with Crippen molar-refractivity contribution in [3.8, 4) is 5.75 Å². The number of hydrogen-bond acceptors (Lipinski definition) is 5. The average Bonchev–Trinajstić information content (AvgIpc) is 3.27. The highest BCUT2D eigenvalue weighted by molar-refractivity contribution is 6.39. The van der Waals surface area contributed by atoms with Gasteiger partial charge >= 0.3 is 0 Å². The maximum absolute atomic E-state index is 13.2. The van der Waals surface area contributed by atoms with Gasteiger partial charge in [0.05, 0.1) is 28.4 Å². The molecule has 9 heteroatoms. The number of nitrogens with zero attached hydrogens (tertiary/aromatic N) is 2. The molecule has 4 rings (SSSR count). The van der Waals surface area contributed by atoms with Gasteiger partial charge in [0.1, 0.15) is 22.6 Å². The highest BCUT2D eigenvalue weighted by Gasteiger charge is 2.23. The van der Waals surface area contributed by atoms with Crippen molar-refractivity contribution in [1.82, 2.24) is 15.0 Å². The molecule has 170 valence electrons. The van der Waals surface area contributed by atoms with Crippen molar-refractivity contribution in [1.29, 1.82) is 0 Å². The van der Waals surface area contributed by atoms with Crippen LogP contribution in [0.5, 0.6) is 5.75 Å². The molecule has 0 unspecified atom stereocenters. The van der Waals surface area contributed by atoms with Gasteiger partial charge in [0.15, 0.2) is 0 Å². The number of anilines is 1. The minimum Gasteiger partial charge on any atom is -0.494 e. The van der Waals surface area contributed by atoms with E-state index in [1.54, 1.807) is 26.4 Å². The highest BCUT2D eigenvalue weighted by atomic mass is 35.5. The number of rotatable bonds is 8. The second-order valence-electron chi connectivity index (χ2n) is 7.34. The lowest BCUT2D eigenvalue weighted by atomic mass is 9.95. The second-order valence-corrected chi connectivity index (χ2v) is 8.15. The first kappa shape index (κ1) is 23.0. The summed E-state index contributed by atoms with van der Waals surface area (Å²) in [5.74, 6) is 0.845. The summed E-state index contributed by atoms with van der Waals surface area (Å²) in [6.07, 6.45) is 3.55. The quantitative estimate of drug-likeness (QED) is 0.335. The molecule has 1 atom stereocenters. The number of nitrogens with one attached hydrogen (secondary N) is 2. The minimum atomic E-state index is -0.399. The van der Waals surface area contributed by atoms with Crippen LogP contribution in [0.3, 0.4) is 0 Å². The van der Waals surface area contributed by atoms with E-state index in [1.807, 2.05) is 30.3 Å². The Kier molecular flexibility index (Phi) is 7.13. The van der Waals surface area contributed by atoms with Crippen molar-refractivity contribution >= 4 is 45.8 Å². The Morgan fingerprint density at radius 2 is 1.82 bits per heavy atom. The third-order valence-corrected chi connectivity index (χ3v) is 5.90. The summed E-state index contributed by atoms with van der Waals surface area (Å²) in [6, 6.07) is 13.4. The van der Waals surface area contributed by atoms with Crippen LogP contribution < -0.4 is 10.1 Å². The first-order chi connectivity index (χ1) is 16.0. The van der Waals surface area contributed by atoms with E-state index in [0.29, 0.717) is 46.9 Å². The van der Waals surface area contributed by atoms with Crippen LogP contribution in [0.1, 0.15) is 34.1 Å². The molecule has 2 heterocycles. The number of carbonyl (C=O) groups is 1. The van der Waals surface area contributed by atoms with Gasteiger partial charge in [0.2, 0.25) is 0 Å². The van der Waals surface area contributed by atoms with Crippen LogP contribution in [0, 0.1) is 0 Å². The fourth-order valence-electron chi connectivity index (χ4n) is 3.70. The zero-order valence-corrected chi connectivity index (χ0v) is 19.6. The molecule has 2 aromatic heterocycles. The fourth-order valence-corrected chi connectivity index (χ4v) is 4.16. The van der Waals surface area contributed by atoms with Crippen molar-refractivity contribution < 1.29 is 14.3 Å². The van der Waals surface area contributed by atoms with Gasteiger partial charge < -0.3 is 19.8 Å². The molecule has 0 saturated carbocycles. The Morgan fingerprint density at radius 3 is 2.48 bits per heavy atom. The van der Waals surface area contributed by atoms with Crippen LogP contribution in [-0.2, 0) is 4.74 Å². The van der Waals surface area contributed by atoms with E-state index >= 15 is 0 Å². The van der Waals surface area contributed by atoms with E-state index in [0.717, 1.165) is 5.56 Å². The first-order valence-corrected chi connectivity index (χ1v) is 11.0. The molecule has 0 saturated heterocycles. The monoisotopic (exact) mass is 484 g/mol. The number of amides is 1. The molecular formula is C24H22Cl2N4O3. The Balaban J connectivity index is 1.78. The van der Waals surface area contributed by atoms with E-state index in [9.17, 15) is 4.79 Å². The summed E-state index contributed by atoms with van der Waals surface area (Å²) in [5.41, 5.74) is 2.86. The largest absolute Gasteiger partial charge is 0.494 e. The van der Waals surface area contributed by atoms with Gasteiger partial charge in [-0.25, -0.2) is 4.98 Å². The van der Waals surface area contributed by atoms with E-state index in [4.69, 9.17) is 37.7 Å². The van der Waals surface area contributed by atoms with Crippen molar-refractivity contribution in [3.63, 3.8) is 0 Å². The smallest absolute Gasteiger partial charge is 0.258 e. The normalized spacial score (nSPS) is 12.0. The van der Waals surface area contributed by atoms with Crippen molar-refractivity contribution in [2.24, 2.45) is 0 Å². The maximum atomic E-state index is 13.2. The Bertz CT molecular complexity index is 1260. The molecule has 4 aromatic rings. The Morgan fingerprint density at radius 1 is 1.09 bits per heavy atom. The lowest BCUT2D eigenvalue weighted by Gasteiger charge is -2.14. The summed E-state index contributed by atoms with van der Waals surface area (Å²) in [6.45, 7) is 0.556. The highest BCUT2D eigenvalue weighted by Crippen LogP contribution is 2.34. The molecule has 0 bridgehead atoms. The van der Waals surface area contributed by atoms with Crippen LogP contribution in [0.15, 0.2) is 54.9 Å². The molecule has 33 heavy (non-hydrogen) atoms. The molecule has 0 radical (unpaired) electrons. The van der Waals surface area contributed by atoms with E-state index in [2.05, 4.69) is 15.3 Å². The average molecular weight is 485 g/mol. The topological polar surface area (TPSA) is 89.1 Å². The summed E-state index contributed by atoms with van der Waals surface area (Å²) < 4.78 is 10.8. The predicted molar refractivity (Wildman–Crippen MR) is 130 cm³/mol. The predicted octanol–water partition coefficient (Wildman–Crippen LogP) is 5.69. The Hall–Kier alpha value is -3.13. The SMILES string of the molecule is COCC[C@H](c1ccccc1)c1nc2c(C(=O)Nc3c(Cl)cncc3Cl)ccc(OC)c2[nH]1. The zero-order chi connectivity index (χ0) is 23.4. The number of carbonyl (C=O) groups excluding carboxylic acids is 1. The summed E-state index contributed by atoms with van der Waals surface area (Å²) in [7, 11) is 3.24. The fraction of sp³-hybridized carbons (Fsp3) is 0.208. The molecule has 0 spiro atoms. The summed E-state index contributed by atoms with van der Waals surface area (Å²) in [4.78, 5) is 25.3. The molecule has 0 fully saturated rings. The number of H-pyrrole nitrogens is 1. The van der Waals surface area contributed by atoms with Gasteiger partial charge in [-0.2, -0.15) is 0 Å². The number of benzene rings is 2. The molecule has 7 nitrogen and oxygen atoms in total. The van der Waals surface area contributed by atoms with Gasteiger partial charge in [-0.3, -0.25) is 9.78 Å². The molecule has 1 amide bonds. The number of aromatic nitrogens is 3. The van der Waals surface area contributed by atoms with E-state index in [-0.39, 0.29) is 16.0 Å². The number of aromatic amines is 1. The molecule has 2 N–H and O–H groups in total. The standard InChI is InChI=1S/C24H22Cl2N4O3/c1-32-11-10-15(14-6-4-3-5-7-14)23-28-20-16(8-9-19(33-2)22(20)29-23)24(31)30-21-17(25)12-27-13-18(21)26/h3-9,12-13,15H,10-11H2,1-2H3,(H,28,29)(H,27,30,31)/t15-/m1/s1. The maximum Gasteiger partial charge on any atom is 0.258 e. The van der Waals surface area contributed by atoms with Crippen molar-refractivity contribution in [2.75, 3.05) is 26.1 Å². The lowest BCUT2D eigenvalue weighted by Crippen LogP contribution is -2.13. The van der Waals surface area contributed by atoms with Crippen LogP contribution in [0.4, 0.5) is 5.69 Å². The van der Waals surface area contributed by atoms with E-state index < -0.39 is 5.91 Å². The summed E-state index contributed by atoms with van der Waals surface area (Å²) >= 11 is 12.3. The van der Waals surface area contributed by atoms with Gasteiger partial charge in [0.25, 0.3) is 5.91 Å². The number of halogens is 2. The molecule has 0 aliphatic carbocycles. The second kappa shape index (κ2) is 10.2. The minimum absolute atomic E-state index is 0.0525. The first-order valence-electron chi connectivity index (χ1n) is 10.2. The number of methoxy groups -OCH3 is 2. The van der Waals surface area contributed by atoms with Crippen molar-refractivity contribution in [3.05, 3.63) is 81.9 Å². The third kappa shape index (κ3) is 4.80. The Labute approximate surface area is 201 Å².